The van der Waals surface area contributed by atoms with Gasteiger partial charge in [0, 0.05) is 48.5 Å². The minimum Gasteiger partial charge on any atom is -0.355 e. The van der Waals surface area contributed by atoms with Crippen LogP contribution in [0.15, 0.2) is 67.0 Å². The minimum absolute atomic E-state index is 0.0287. The molecule has 1 saturated heterocycles. The number of rotatable bonds is 5. The van der Waals surface area contributed by atoms with Crippen LogP contribution < -0.4 is 10.2 Å². The van der Waals surface area contributed by atoms with E-state index >= 15 is 0 Å². The van der Waals surface area contributed by atoms with E-state index in [9.17, 15) is 4.79 Å². The Bertz CT molecular complexity index is 1260. The maximum atomic E-state index is 12.7. The summed E-state index contributed by atoms with van der Waals surface area (Å²) in [4.78, 5) is 19.6. The SMILES string of the molecule is Cc1ccc(CNC(=O)C2CCN(c3nccn4nc(-c5ccc(Cl)cc5)cc34)CC2)cc1. The van der Waals surface area contributed by atoms with Gasteiger partial charge in [-0.3, -0.25) is 4.79 Å². The van der Waals surface area contributed by atoms with Crippen molar-refractivity contribution in [3.05, 3.63) is 83.1 Å². The fourth-order valence-corrected chi connectivity index (χ4v) is 4.43. The van der Waals surface area contributed by atoms with E-state index in [0.29, 0.717) is 11.6 Å². The first kappa shape index (κ1) is 21.5. The number of fused-ring (bicyclic) bond motifs is 1. The highest BCUT2D eigenvalue weighted by molar-refractivity contribution is 6.30. The Balaban J connectivity index is 1.25. The largest absolute Gasteiger partial charge is 0.355 e. The lowest BCUT2D eigenvalue weighted by Crippen LogP contribution is -2.40. The molecule has 0 radical (unpaired) electrons. The summed E-state index contributed by atoms with van der Waals surface area (Å²) in [6, 6.07) is 18.0. The van der Waals surface area contributed by atoms with Crippen LogP contribution in [0, 0.1) is 12.8 Å². The van der Waals surface area contributed by atoms with Gasteiger partial charge in [0.15, 0.2) is 5.82 Å². The average molecular weight is 460 g/mol. The number of carbonyl (C=O) groups excluding carboxylic acids is 1. The van der Waals surface area contributed by atoms with E-state index in [0.717, 1.165) is 54.1 Å². The summed E-state index contributed by atoms with van der Waals surface area (Å²) >= 11 is 6.02. The second kappa shape index (κ2) is 9.24. The van der Waals surface area contributed by atoms with Gasteiger partial charge in [-0.05, 0) is 43.5 Å². The van der Waals surface area contributed by atoms with Gasteiger partial charge < -0.3 is 10.2 Å². The highest BCUT2D eigenvalue weighted by Gasteiger charge is 2.26. The molecule has 0 spiro atoms. The van der Waals surface area contributed by atoms with Crippen LogP contribution in [-0.4, -0.2) is 33.6 Å². The molecular weight excluding hydrogens is 434 g/mol. The number of halogens is 1. The van der Waals surface area contributed by atoms with E-state index in [-0.39, 0.29) is 11.8 Å². The molecule has 0 aliphatic carbocycles. The molecular formula is C26H26ClN5O. The van der Waals surface area contributed by atoms with E-state index < -0.39 is 0 Å². The number of aryl methyl sites for hydroxylation is 1. The summed E-state index contributed by atoms with van der Waals surface area (Å²) in [6.07, 6.45) is 5.26. The zero-order chi connectivity index (χ0) is 22.8. The topological polar surface area (TPSA) is 62.5 Å². The number of aromatic nitrogens is 3. The third kappa shape index (κ3) is 4.71. The van der Waals surface area contributed by atoms with Gasteiger partial charge >= 0.3 is 0 Å². The van der Waals surface area contributed by atoms with Crippen LogP contribution in [0.2, 0.25) is 5.02 Å². The van der Waals surface area contributed by atoms with Crippen molar-refractivity contribution in [3.8, 4) is 11.3 Å². The number of anilines is 1. The van der Waals surface area contributed by atoms with E-state index in [1.807, 2.05) is 35.0 Å². The van der Waals surface area contributed by atoms with Crippen molar-refractivity contribution in [1.82, 2.24) is 19.9 Å². The van der Waals surface area contributed by atoms with Gasteiger partial charge in [-0.1, -0.05) is 53.6 Å². The summed E-state index contributed by atoms with van der Waals surface area (Å²) in [6.45, 7) is 4.21. The monoisotopic (exact) mass is 459 g/mol. The Morgan fingerprint density at radius 3 is 2.55 bits per heavy atom. The molecule has 7 heteroatoms. The molecule has 0 atom stereocenters. The van der Waals surface area contributed by atoms with Crippen LogP contribution in [0.4, 0.5) is 5.82 Å². The fourth-order valence-electron chi connectivity index (χ4n) is 4.31. The molecule has 0 saturated carbocycles. The lowest BCUT2D eigenvalue weighted by Gasteiger charge is -2.32. The van der Waals surface area contributed by atoms with E-state index in [1.54, 1.807) is 6.20 Å². The summed E-state index contributed by atoms with van der Waals surface area (Å²) in [5, 5.41) is 8.52. The molecule has 1 fully saturated rings. The Labute approximate surface area is 198 Å². The fraction of sp³-hybridized carbons (Fsp3) is 0.269. The molecule has 2 aromatic carbocycles. The van der Waals surface area contributed by atoms with Crippen molar-refractivity contribution in [1.29, 1.82) is 0 Å². The number of piperidine rings is 1. The van der Waals surface area contributed by atoms with E-state index in [4.69, 9.17) is 16.7 Å². The lowest BCUT2D eigenvalue weighted by atomic mass is 9.95. The Kier molecular flexibility index (Phi) is 6.01. The number of nitrogens with zero attached hydrogens (tertiary/aromatic N) is 4. The lowest BCUT2D eigenvalue weighted by molar-refractivity contribution is -0.125. The van der Waals surface area contributed by atoms with Gasteiger partial charge in [0.2, 0.25) is 5.91 Å². The predicted molar refractivity (Wildman–Crippen MR) is 131 cm³/mol. The first-order valence-electron chi connectivity index (χ1n) is 11.3. The Hall–Kier alpha value is -3.38. The van der Waals surface area contributed by atoms with Gasteiger partial charge in [0.1, 0.15) is 5.52 Å². The molecule has 33 heavy (non-hydrogen) atoms. The number of amides is 1. The molecule has 1 amide bonds. The van der Waals surface area contributed by atoms with Crippen molar-refractivity contribution in [2.75, 3.05) is 18.0 Å². The first-order valence-corrected chi connectivity index (χ1v) is 11.6. The highest BCUT2D eigenvalue weighted by atomic mass is 35.5. The normalized spacial score (nSPS) is 14.5. The number of hydrogen-bond acceptors (Lipinski definition) is 4. The van der Waals surface area contributed by atoms with Gasteiger partial charge in [0.25, 0.3) is 0 Å². The quantitative estimate of drug-likeness (QED) is 0.461. The van der Waals surface area contributed by atoms with Crippen LogP contribution in [-0.2, 0) is 11.3 Å². The first-order chi connectivity index (χ1) is 16.1. The van der Waals surface area contributed by atoms with Gasteiger partial charge in [-0.25, -0.2) is 9.50 Å². The second-order valence-corrected chi connectivity index (χ2v) is 9.02. The third-order valence-electron chi connectivity index (χ3n) is 6.26. The number of hydrogen-bond donors (Lipinski definition) is 1. The zero-order valence-electron chi connectivity index (χ0n) is 18.5. The molecule has 4 aromatic rings. The maximum Gasteiger partial charge on any atom is 0.223 e. The van der Waals surface area contributed by atoms with Crippen molar-refractivity contribution >= 4 is 28.8 Å². The number of carbonyl (C=O) groups is 1. The molecule has 2 aromatic heterocycles. The molecule has 0 unspecified atom stereocenters. The maximum absolute atomic E-state index is 12.7. The second-order valence-electron chi connectivity index (χ2n) is 8.58. The van der Waals surface area contributed by atoms with Crippen molar-refractivity contribution in [3.63, 3.8) is 0 Å². The average Bonchev–Trinajstić information content (AvgIpc) is 3.28. The smallest absolute Gasteiger partial charge is 0.223 e. The summed E-state index contributed by atoms with van der Waals surface area (Å²) in [5.74, 6) is 1.07. The third-order valence-corrected chi connectivity index (χ3v) is 6.51. The van der Waals surface area contributed by atoms with Gasteiger partial charge in [-0.15, -0.1) is 0 Å². The predicted octanol–water partition coefficient (Wildman–Crippen LogP) is 4.89. The standard InChI is InChI=1S/C26H26ClN5O/c1-18-2-4-19(5-3-18)17-29-26(33)21-10-13-31(14-11-21)25-24-16-23(30-32(24)15-12-28-25)20-6-8-22(27)9-7-20/h2-9,12,15-16,21H,10-11,13-14,17H2,1H3,(H,29,33). The van der Waals surface area contributed by atoms with Crippen molar-refractivity contribution < 1.29 is 4.79 Å². The number of nitrogens with one attached hydrogen (secondary N) is 1. The summed E-state index contributed by atoms with van der Waals surface area (Å²) in [7, 11) is 0. The molecule has 168 valence electrons. The van der Waals surface area contributed by atoms with E-state index in [2.05, 4.69) is 52.5 Å². The summed E-state index contributed by atoms with van der Waals surface area (Å²) in [5.41, 5.74) is 5.20. The Morgan fingerprint density at radius 1 is 1.09 bits per heavy atom. The zero-order valence-corrected chi connectivity index (χ0v) is 19.3. The van der Waals surface area contributed by atoms with Crippen LogP contribution in [0.25, 0.3) is 16.8 Å². The molecule has 6 nitrogen and oxygen atoms in total. The summed E-state index contributed by atoms with van der Waals surface area (Å²) < 4.78 is 1.87. The van der Waals surface area contributed by atoms with Crippen LogP contribution >= 0.6 is 11.6 Å². The number of benzene rings is 2. The molecule has 0 bridgehead atoms. The van der Waals surface area contributed by atoms with Gasteiger partial charge in [0.05, 0.1) is 5.69 Å². The van der Waals surface area contributed by atoms with Crippen LogP contribution in [0.3, 0.4) is 0 Å². The van der Waals surface area contributed by atoms with Crippen molar-refractivity contribution in [2.45, 2.75) is 26.3 Å². The van der Waals surface area contributed by atoms with Crippen LogP contribution in [0.1, 0.15) is 24.0 Å². The molecule has 1 N–H and O–H groups in total. The molecule has 1 aliphatic rings. The van der Waals surface area contributed by atoms with E-state index in [1.165, 1.54) is 5.56 Å². The minimum atomic E-state index is 0.0287. The Morgan fingerprint density at radius 2 is 1.82 bits per heavy atom. The molecule has 3 heterocycles. The van der Waals surface area contributed by atoms with Crippen molar-refractivity contribution in [2.24, 2.45) is 5.92 Å². The molecule has 1 aliphatic heterocycles. The highest BCUT2D eigenvalue weighted by Crippen LogP contribution is 2.29. The molecule has 5 rings (SSSR count). The van der Waals surface area contributed by atoms with Gasteiger partial charge in [-0.2, -0.15) is 5.10 Å². The van der Waals surface area contributed by atoms with Crippen LogP contribution in [0.5, 0.6) is 0 Å².